The number of likely N-dealkylation sites (tertiary alicyclic amines) is 1. The summed E-state index contributed by atoms with van der Waals surface area (Å²) in [4.78, 5) is 4.74. The second-order valence-corrected chi connectivity index (χ2v) is 9.68. The number of hydrogen-bond donors (Lipinski definition) is 1. The van der Waals surface area contributed by atoms with Crippen molar-refractivity contribution in [3.63, 3.8) is 0 Å². The highest BCUT2D eigenvalue weighted by Crippen LogP contribution is 2.40. The molecule has 142 valence electrons. The van der Waals surface area contributed by atoms with E-state index in [2.05, 4.69) is 29.7 Å². The first-order chi connectivity index (χ1) is 13.0. The van der Waals surface area contributed by atoms with Crippen LogP contribution in [0.5, 0.6) is 5.75 Å². The Hall–Kier alpha value is -1.11. The molecule has 1 saturated heterocycles. The van der Waals surface area contributed by atoms with Gasteiger partial charge in [-0.3, -0.25) is 0 Å². The van der Waals surface area contributed by atoms with Crippen molar-refractivity contribution in [3.8, 4) is 5.75 Å². The van der Waals surface area contributed by atoms with Gasteiger partial charge in [0.25, 0.3) is 0 Å². The number of benzene rings is 2. The van der Waals surface area contributed by atoms with Gasteiger partial charge in [0.1, 0.15) is 11.9 Å². The van der Waals surface area contributed by atoms with Gasteiger partial charge < -0.3 is 14.4 Å². The largest absolute Gasteiger partial charge is 0.487 e. The van der Waals surface area contributed by atoms with E-state index in [9.17, 15) is 0 Å². The van der Waals surface area contributed by atoms with E-state index in [-0.39, 0.29) is 6.10 Å². The molecular formula is C20H20Cl2N2OS2. The van der Waals surface area contributed by atoms with Crippen LogP contribution in [0.3, 0.4) is 0 Å². The number of rotatable bonds is 5. The van der Waals surface area contributed by atoms with Gasteiger partial charge in [0.15, 0.2) is 0 Å². The number of thiophene rings is 1. The monoisotopic (exact) mass is 438 g/mol. The predicted molar refractivity (Wildman–Crippen MR) is 119 cm³/mol. The Balaban J connectivity index is 1.51. The first-order valence-electron chi connectivity index (χ1n) is 8.76. The number of nitrogens with zero attached hydrogens (tertiary/aromatic N) is 1. The lowest BCUT2D eigenvalue weighted by Crippen LogP contribution is -2.21. The number of aryl methyl sites for hydroxylation is 1. The van der Waals surface area contributed by atoms with Crippen molar-refractivity contribution < 1.29 is 4.74 Å². The average Bonchev–Trinajstić information content (AvgIpc) is 3.18. The summed E-state index contributed by atoms with van der Waals surface area (Å²) in [6.45, 7) is 4.13. The molecule has 3 nitrogen and oxygen atoms in total. The zero-order valence-electron chi connectivity index (χ0n) is 15.1. The summed E-state index contributed by atoms with van der Waals surface area (Å²) < 4.78 is 10.8. The van der Waals surface area contributed by atoms with Crippen LogP contribution in [0, 0.1) is 6.92 Å². The maximum absolute atomic E-state index is 6.35. The minimum Gasteiger partial charge on any atom is -0.487 e. The Bertz CT molecular complexity index is 976. The number of ether oxygens (including phenoxy) is 1. The van der Waals surface area contributed by atoms with Crippen molar-refractivity contribution in [1.29, 1.82) is 0 Å². The third-order valence-electron chi connectivity index (χ3n) is 4.61. The Morgan fingerprint density at radius 3 is 2.85 bits per heavy atom. The molecule has 4 rings (SSSR count). The standard InChI is InChI=1S/C20H20Cl2N2OS2/c1-12-20(16-9-13(21)3-6-19(16)26-12)27-23-14-4-5-17(22)18(10-14)25-15-7-8-24(2)11-15/h3-6,9-10,15,23H,7-8,11H2,1-2H3/t15-/m1/s1. The molecule has 1 aromatic heterocycles. The summed E-state index contributed by atoms with van der Waals surface area (Å²) in [5.41, 5.74) is 0.964. The summed E-state index contributed by atoms with van der Waals surface area (Å²) >= 11 is 15.9. The van der Waals surface area contributed by atoms with Crippen LogP contribution < -0.4 is 9.46 Å². The summed E-state index contributed by atoms with van der Waals surface area (Å²) in [7, 11) is 2.11. The van der Waals surface area contributed by atoms with Gasteiger partial charge in [-0.2, -0.15) is 0 Å². The molecule has 0 radical (unpaired) electrons. The lowest BCUT2D eigenvalue weighted by molar-refractivity contribution is 0.208. The highest BCUT2D eigenvalue weighted by atomic mass is 35.5. The molecule has 0 spiro atoms. The van der Waals surface area contributed by atoms with Crippen LogP contribution in [0.25, 0.3) is 10.1 Å². The van der Waals surface area contributed by atoms with Gasteiger partial charge in [-0.1, -0.05) is 23.2 Å². The van der Waals surface area contributed by atoms with E-state index in [0.717, 1.165) is 36.0 Å². The Kier molecular flexibility index (Phi) is 5.76. The minimum absolute atomic E-state index is 0.195. The molecule has 0 saturated carbocycles. The Morgan fingerprint density at radius 1 is 1.22 bits per heavy atom. The van der Waals surface area contributed by atoms with E-state index in [1.54, 1.807) is 23.3 Å². The molecule has 3 aromatic rings. The Labute approximate surface area is 177 Å². The van der Waals surface area contributed by atoms with Crippen LogP contribution >= 0.6 is 46.5 Å². The average molecular weight is 439 g/mol. The van der Waals surface area contributed by atoms with Crippen LogP contribution in [0.4, 0.5) is 5.69 Å². The maximum Gasteiger partial charge on any atom is 0.140 e. The molecule has 1 atom stereocenters. The lowest BCUT2D eigenvalue weighted by Gasteiger charge is -2.16. The van der Waals surface area contributed by atoms with E-state index in [4.69, 9.17) is 27.9 Å². The van der Waals surface area contributed by atoms with Gasteiger partial charge in [0.2, 0.25) is 0 Å². The quantitative estimate of drug-likeness (QED) is 0.446. The smallest absolute Gasteiger partial charge is 0.140 e. The molecule has 2 aromatic carbocycles. The molecule has 0 unspecified atom stereocenters. The van der Waals surface area contributed by atoms with Crippen LogP contribution in [-0.2, 0) is 0 Å². The summed E-state index contributed by atoms with van der Waals surface area (Å²) in [5.74, 6) is 0.734. The van der Waals surface area contributed by atoms with Crippen molar-refractivity contribution in [2.24, 2.45) is 0 Å². The van der Waals surface area contributed by atoms with Crippen molar-refractivity contribution in [3.05, 3.63) is 51.3 Å². The second-order valence-electron chi connectivity index (χ2n) is 6.77. The number of hydrogen-bond acceptors (Lipinski definition) is 5. The summed E-state index contributed by atoms with van der Waals surface area (Å²) in [6, 6.07) is 11.9. The lowest BCUT2D eigenvalue weighted by atomic mass is 10.2. The Morgan fingerprint density at radius 2 is 2.07 bits per heavy atom. The van der Waals surface area contributed by atoms with E-state index in [1.165, 1.54) is 19.9 Å². The van der Waals surface area contributed by atoms with Gasteiger partial charge in [-0.05, 0) is 62.7 Å². The zero-order chi connectivity index (χ0) is 19.0. The fraction of sp³-hybridized carbons (Fsp3) is 0.300. The number of likely N-dealkylation sites (N-methyl/N-ethyl adjacent to an activating group) is 1. The third-order valence-corrected chi connectivity index (χ3v) is 7.44. The predicted octanol–water partition coefficient (Wildman–Crippen LogP) is 6.72. The summed E-state index contributed by atoms with van der Waals surface area (Å²) in [5, 5.41) is 2.58. The van der Waals surface area contributed by atoms with Gasteiger partial charge in [-0.25, -0.2) is 0 Å². The van der Waals surface area contributed by atoms with Gasteiger partial charge in [0, 0.05) is 49.7 Å². The molecule has 1 aliphatic heterocycles. The highest BCUT2D eigenvalue weighted by molar-refractivity contribution is 8.01. The fourth-order valence-electron chi connectivity index (χ4n) is 3.23. The maximum atomic E-state index is 6.35. The molecule has 27 heavy (non-hydrogen) atoms. The van der Waals surface area contributed by atoms with E-state index in [1.807, 2.05) is 30.3 Å². The molecule has 1 N–H and O–H groups in total. The molecule has 7 heteroatoms. The first kappa shape index (κ1) is 19.2. The van der Waals surface area contributed by atoms with Gasteiger partial charge in [0.05, 0.1) is 5.02 Å². The molecule has 2 heterocycles. The van der Waals surface area contributed by atoms with Crippen LogP contribution in [0.15, 0.2) is 41.3 Å². The van der Waals surface area contributed by atoms with Crippen LogP contribution in [-0.4, -0.2) is 31.1 Å². The topological polar surface area (TPSA) is 24.5 Å². The van der Waals surface area contributed by atoms with Crippen molar-refractivity contribution in [2.75, 3.05) is 24.9 Å². The number of fused-ring (bicyclic) bond motifs is 1. The highest BCUT2D eigenvalue weighted by Gasteiger charge is 2.22. The van der Waals surface area contributed by atoms with E-state index < -0.39 is 0 Å². The number of halogens is 2. The van der Waals surface area contributed by atoms with Crippen molar-refractivity contribution >= 4 is 62.3 Å². The molecular weight excluding hydrogens is 419 g/mol. The SMILES string of the molecule is Cc1sc2ccc(Cl)cc2c1SNc1ccc(Cl)c(O[C@@H]2CCN(C)C2)c1. The fourth-order valence-corrected chi connectivity index (χ4v) is 5.59. The normalized spacial score (nSPS) is 17.6. The van der Waals surface area contributed by atoms with Crippen molar-refractivity contribution in [1.82, 2.24) is 4.90 Å². The number of anilines is 1. The minimum atomic E-state index is 0.195. The van der Waals surface area contributed by atoms with Gasteiger partial charge >= 0.3 is 0 Å². The second kappa shape index (κ2) is 8.10. The molecule has 0 amide bonds. The third kappa shape index (κ3) is 4.33. The van der Waals surface area contributed by atoms with Gasteiger partial charge in [-0.15, -0.1) is 11.3 Å². The first-order valence-corrected chi connectivity index (χ1v) is 11.1. The molecule has 1 aliphatic rings. The number of nitrogens with one attached hydrogen (secondary N) is 1. The van der Waals surface area contributed by atoms with E-state index >= 15 is 0 Å². The van der Waals surface area contributed by atoms with Crippen molar-refractivity contribution in [2.45, 2.75) is 24.3 Å². The van der Waals surface area contributed by atoms with E-state index in [0.29, 0.717) is 5.02 Å². The zero-order valence-corrected chi connectivity index (χ0v) is 18.2. The molecule has 1 fully saturated rings. The summed E-state index contributed by atoms with van der Waals surface area (Å²) in [6.07, 6.45) is 1.22. The molecule has 0 aliphatic carbocycles. The molecule has 0 bridgehead atoms. The van der Waals surface area contributed by atoms with Crippen LogP contribution in [0.2, 0.25) is 10.0 Å². The van der Waals surface area contributed by atoms with Crippen LogP contribution in [0.1, 0.15) is 11.3 Å².